The van der Waals surface area contributed by atoms with Crippen LogP contribution in [0.25, 0.3) is 0 Å². The highest BCUT2D eigenvalue weighted by Gasteiger charge is 2.06. The lowest BCUT2D eigenvalue weighted by atomic mass is 10.2. The summed E-state index contributed by atoms with van der Waals surface area (Å²) in [6.07, 6.45) is 3.24. The van der Waals surface area contributed by atoms with Crippen molar-refractivity contribution in [3.05, 3.63) is 23.4 Å². The summed E-state index contributed by atoms with van der Waals surface area (Å²) in [5.74, 6) is 1.92. The molecule has 0 aromatic carbocycles. The van der Waals surface area contributed by atoms with Crippen LogP contribution < -0.4 is 5.32 Å². The van der Waals surface area contributed by atoms with Gasteiger partial charge < -0.3 is 5.32 Å². The van der Waals surface area contributed by atoms with Crippen LogP contribution in [0.15, 0.2) is 17.3 Å². The van der Waals surface area contributed by atoms with E-state index in [2.05, 4.69) is 51.0 Å². The molecular weight excluding hydrogens is 240 g/mol. The highest BCUT2D eigenvalue weighted by Crippen LogP contribution is 2.23. The summed E-state index contributed by atoms with van der Waals surface area (Å²) in [5, 5.41) is 4.60. The minimum absolute atomic E-state index is 0.518. The Hall–Kier alpha value is -0.540. The minimum Gasteiger partial charge on any atom is -0.310 e. The van der Waals surface area contributed by atoms with Crippen molar-refractivity contribution in [2.24, 2.45) is 5.92 Å². The molecule has 0 fully saturated rings. The fraction of sp³-hybridized carbons (Fsp3) is 0.667. The first-order valence-corrected chi connectivity index (χ1v) is 7.83. The Kier molecular flexibility index (Phi) is 6.72. The molecule has 1 heterocycles. The van der Waals surface area contributed by atoms with E-state index in [0.717, 1.165) is 18.2 Å². The third-order valence-corrected chi connectivity index (χ3v) is 4.44. The van der Waals surface area contributed by atoms with Crippen LogP contribution in [0.2, 0.25) is 0 Å². The predicted molar refractivity (Wildman–Crippen MR) is 81.1 cm³/mol. The van der Waals surface area contributed by atoms with Crippen LogP contribution >= 0.6 is 11.8 Å². The number of aromatic nitrogens is 1. The third kappa shape index (κ3) is 5.40. The maximum Gasteiger partial charge on any atom is 0.0989 e. The molecule has 1 rings (SSSR count). The van der Waals surface area contributed by atoms with Crippen molar-refractivity contribution >= 4 is 11.8 Å². The molecule has 1 unspecified atom stereocenters. The van der Waals surface area contributed by atoms with Crippen LogP contribution in [-0.4, -0.2) is 16.8 Å². The quantitative estimate of drug-likeness (QED) is 0.754. The maximum atomic E-state index is 4.59. The molecule has 102 valence electrons. The standard InChI is InChI=1S/C15H26N2S/c1-6-12(4)10-18-15-13(5)7-14(9-17-15)8-16-11(2)3/h7,9,11-12,16H,6,8,10H2,1-5H3. The van der Waals surface area contributed by atoms with Crippen LogP contribution in [0.4, 0.5) is 0 Å². The number of thioether (sulfide) groups is 1. The molecular formula is C15H26N2S. The van der Waals surface area contributed by atoms with E-state index < -0.39 is 0 Å². The molecule has 0 aliphatic heterocycles. The fourth-order valence-electron chi connectivity index (χ4n) is 1.53. The van der Waals surface area contributed by atoms with Crippen molar-refractivity contribution in [2.75, 3.05) is 5.75 Å². The number of aryl methyl sites for hydroxylation is 1. The maximum absolute atomic E-state index is 4.59. The Morgan fingerprint density at radius 2 is 2.06 bits per heavy atom. The lowest BCUT2D eigenvalue weighted by molar-refractivity contribution is 0.587. The molecule has 1 aromatic rings. The molecule has 1 atom stereocenters. The lowest BCUT2D eigenvalue weighted by Gasteiger charge is -2.11. The molecule has 0 saturated heterocycles. The van der Waals surface area contributed by atoms with Crippen LogP contribution in [0.5, 0.6) is 0 Å². The average molecular weight is 266 g/mol. The van der Waals surface area contributed by atoms with Gasteiger partial charge in [0, 0.05) is 24.5 Å². The normalized spacial score (nSPS) is 13.0. The zero-order chi connectivity index (χ0) is 13.5. The molecule has 2 nitrogen and oxygen atoms in total. The van der Waals surface area contributed by atoms with Crippen molar-refractivity contribution in [3.63, 3.8) is 0 Å². The van der Waals surface area contributed by atoms with Gasteiger partial charge in [0.05, 0.1) is 5.03 Å². The van der Waals surface area contributed by atoms with Gasteiger partial charge in [0.1, 0.15) is 0 Å². The number of rotatable bonds is 7. The van der Waals surface area contributed by atoms with E-state index in [1.54, 1.807) is 0 Å². The first-order valence-electron chi connectivity index (χ1n) is 6.84. The Bertz CT molecular complexity index is 364. The average Bonchev–Trinajstić information content (AvgIpc) is 2.34. The number of nitrogens with one attached hydrogen (secondary N) is 1. The summed E-state index contributed by atoms with van der Waals surface area (Å²) in [7, 11) is 0. The van der Waals surface area contributed by atoms with E-state index >= 15 is 0 Å². The second kappa shape index (κ2) is 7.80. The van der Waals surface area contributed by atoms with E-state index in [-0.39, 0.29) is 0 Å². The van der Waals surface area contributed by atoms with Crippen molar-refractivity contribution in [1.29, 1.82) is 0 Å². The van der Waals surface area contributed by atoms with Gasteiger partial charge in [-0.3, -0.25) is 0 Å². The molecule has 0 aliphatic rings. The monoisotopic (exact) mass is 266 g/mol. The molecule has 18 heavy (non-hydrogen) atoms. The van der Waals surface area contributed by atoms with E-state index in [4.69, 9.17) is 0 Å². The van der Waals surface area contributed by atoms with Crippen LogP contribution in [-0.2, 0) is 6.54 Å². The number of hydrogen-bond donors (Lipinski definition) is 1. The third-order valence-electron chi connectivity index (χ3n) is 3.00. The van der Waals surface area contributed by atoms with E-state index in [9.17, 15) is 0 Å². The van der Waals surface area contributed by atoms with Gasteiger partial charge in [0.15, 0.2) is 0 Å². The van der Waals surface area contributed by atoms with Gasteiger partial charge in [0.25, 0.3) is 0 Å². The molecule has 0 aliphatic carbocycles. The van der Waals surface area contributed by atoms with Crippen molar-refractivity contribution < 1.29 is 0 Å². The fourth-order valence-corrected chi connectivity index (χ4v) is 2.62. The Balaban J connectivity index is 2.56. The second-order valence-corrected chi connectivity index (χ2v) is 6.33. The first-order chi connectivity index (χ1) is 8.52. The second-order valence-electron chi connectivity index (χ2n) is 5.33. The van der Waals surface area contributed by atoms with Gasteiger partial charge in [-0.1, -0.05) is 40.2 Å². The molecule has 0 bridgehead atoms. The smallest absolute Gasteiger partial charge is 0.0989 e. The Labute approximate surface area is 116 Å². The molecule has 0 saturated carbocycles. The molecule has 3 heteroatoms. The molecule has 0 spiro atoms. The van der Waals surface area contributed by atoms with Gasteiger partial charge >= 0.3 is 0 Å². The van der Waals surface area contributed by atoms with E-state index in [0.29, 0.717) is 6.04 Å². The summed E-state index contributed by atoms with van der Waals surface area (Å²) in [6.45, 7) is 11.9. The highest BCUT2D eigenvalue weighted by molar-refractivity contribution is 7.99. The zero-order valence-electron chi connectivity index (χ0n) is 12.3. The summed E-state index contributed by atoms with van der Waals surface area (Å²) in [5.41, 5.74) is 2.57. The van der Waals surface area contributed by atoms with Gasteiger partial charge in [-0.2, -0.15) is 0 Å². The molecule has 1 N–H and O–H groups in total. The largest absolute Gasteiger partial charge is 0.310 e. The minimum atomic E-state index is 0.518. The van der Waals surface area contributed by atoms with Crippen molar-refractivity contribution in [1.82, 2.24) is 10.3 Å². The topological polar surface area (TPSA) is 24.9 Å². The van der Waals surface area contributed by atoms with Crippen LogP contribution in [0, 0.1) is 12.8 Å². The number of hydrogen-bond acceptors (Lipinski definition) is 3. The lowest BCUT2D eigenvalue weighted by Crippen LogP contribution is -2.21. The highest BCUT2D eigenvalue weighted by atomic mass is 32.2. The van der Waals surface area contributed by atoms with Crippen molar-refractivity contribution in [3.8, 4) is 0 Å². The van der Waals surface area contributed by atoms with E-state index in [1.807, 2.05) is 18.0 Å². The summed E-state index contributed by atoms with van der Waals surface area (Å²) in [6, 6.07) is 2.77. The van der Waals surface area contributed by atoms with Gasteiger partial charge in [-0.15, -0.1) is 11.8 Å². The van der Waals surface area contributed by atoms with Gasteiger partial charge in [-0.05, 0) is 24.0 Å². The summed E-state index contributed by atoms with van der Waals surface area (Å²) in [4.78, 5) is 4.59. The van der Waals surface area contributed by atoms with Crippen molar-refractivity contribution in [2.45, 2.75) is 58.7 Å². The van der Waals surface area contributed by atoms with Gasteiger partial charge in [-0.25, -0.2) is 4.98 Å². The predicted octanol–water partition coefficient (Wildman–Crippen LogP) is 4.03. The SMILES string of the molecule is CCC(C)CSc1ncc(CNC(C)C)cc1C. The number of pyridine rings is 1. The van der Waals surface area contributed by atoms with Crippen LogP contribution in [0.3, 0.4) is 0 Å². The Morgan fingerprint density at radius 3 is 2.61 bits per heavy atom. The number of nitrogens with zero attached hydrogens (tertiary/aromatic N) is 1. The molecule has 0 amide bonds. The molecule has 0 radical (unpaired) electrons. The van der Waals surface area contributed by atoms with Gasteiger partial charge in [0.2, 0.25) is 0 Å². The summed E-state index contributed by atoms with van der Waals surface area (Å²) >= 11 is 1.88. The Morgan fingerprint density at radius 1 is 1.33 bits per heavy atom. The molecule has 1 aromatic heterocycles. The first kappa shape index (κ1) is 15.5. The zero-order valence-corrected chi connectivity index (χ0v) is 13.1. The van der Waals surface area contributed by atoms with Crippen LogP contribution in [0.1, 0.15) is 45.2 Å². The van der Waals surface area contributed by atoms with E-state index in [1.165, 1.54) is 22.6 Å². The summed E-state index contributed by atoms with van der Waals surface area (Å²) < 4.78 is 0.